The van der Waals surface area contributed by atoms with E-state index in [1.807, 2.05) is 72.8 Å². The van der Waals surface area contributed by atoms with Gasteiger partial charge in [0, 0.05) is 23.7 Å². The predicted octanol–water partition coefficient (Wildman–Crippen LogP) is 4.43. The molecule has 5 rings (SSSR count). The molecule has 1 aliphatic heterocycles. The molecule has 31 heavy (non-hydrogen) atoms. The summed E-state index contributed by atoms with van der Waals surface area (Å²) in [5.41, 5.74) is 2.41. The average Bonchev–Trinajstić information content (AvgIpc) is 2.99. The van der Waals surface area contributed by atoms with Crippen LogP contribution in [0.5, 0.6) is 5.75 Å². The first-order chi connectivity index (χ1) is 15.1. The number of pyridine rings is 1. The third-order valence-electron chi connectivity index (χ3n) is 5.63. The van der Waals surface area contributed by atoms with Crippen LogP contribution in [-0.2, 0) is 23.0 Å². The quantitative estimate of drug-likeness (QED) is 0.481. The maximum atomic E-state index is 14.0. The van der Waals surface area contributed by atoms with Gasteiger partial charge >= 0.3 is 0 Å². The summed E-state index contributed by atoms with van der Waals surface area (Å²) in [5.74, 6) is 0.731. The van der Waals surface area contributed by atoms with Gasteiger partial charge in [-0.25, -0.2) is 8.42 Å². The average molecular weight is 431 g/mol. The van der Waals surface area contributed by atoms with Gasteiger partial charge in [0.2, 0.25) is 10.0 Å². The van der Waals surface area contributed by atoms with Crippen molar-refractivity contribution in [3.63, 3.8) is 0 Å². The molecule has 0 aliphatic carbocycles. The minimum absolute atomic E-state index is 0.225. The second kappa shape index (κ2) is 8.13. The number of para-hydroxylation sites is 2. The van der Waals surface area contributed by atoms with Gasteiger partial charge in [0.05, 0.1) is 11.6 Å². The number of aromatic nitrogens is 1. The maximum Gasteiger partial charge on any atom is 0.245 e. The van der Waals surface area contributed by atoms with Crippen LogP contribution < -0.4 is 4.74 Å². The lowest BCUT2D eigenvalue weighted by Gasteiger charge is -2.29. The van der Waals surface area contributed by atoms with Crippen molar-refractivity contribution in [2.45, 2.75) is 23.9 Å². The van der Waals surface area contributed by atoms with Crippen molar-refractivity contribution in [3.05, 3.63) is 102 Å². The first kappa shape index (κ1) is 19.7. The Hall–Kier alpha value is -3.22. The van der Waals surface area contributed by atoms with Gasteiger partial charge in [0.1, 0.15) is 17.3 Å². The second-order valence-corrected chi connectivity index (χ2v) is 9.50. The lowest BCUT2D eigenvalue weighted by atomic mass is 10.1. The molecule has 0 bridgehead atoms. The molecule has 0 fully saturated rings. The fourth-order valence-electron chi connectivity index (χ4n) is 4.08. The molecule has 1 atom stereocenters. The fraction of sp³-hybridized carbons (Fsp3) is 0.160. The Bertz CT molecular complexity index is 1320. The molecule has 1 aliphatic rings. The van der Waals surface area contributed by atoms with Crippen LogP contribution in [0, 0.1) is 0 Å². The first-order valence-electron chi connectivity index (χ1n) is 10.2. The van der Waals surface area contributed by atoms with Crippen molar-refractivity contribution in [2.24, 2.45) is 0 Å². The van der Waals surface area contributed by atoms with Crippen molar-refractivity contribution in [3.8, 4) is 5.75 Å². The number of sulfonamides is 1. The van der Waals surface area contributed by atoms with Gasteiger partial charge < -0.3 is 4.74 Å². The molecule has 1 unspecified atom stereocenters. The van der Waals surface area contributed by atoms with Crippen LogP contribution in [0.2, 0.25) is 0 Å². The minimum atomic E-state index is -3.83. The summed E-state index contributed by atoms with van der Waals surface area (Å²) in [6.45, 7) is 0.530. The van der Waals surface area contributed by atoms with Crippen LogP contribution in [0.25, 0.3) is 10.9 Å². The van der Waals surface area contributed by atoms with Gasteiger partial charge in [-0.3, -0.25) is 4.98 Å². The predicted molar refractivity (Wildman–Crippen MR) is 120 cm³/mol. The van der Waals surface area contributed by atoms with Crippen molar-refractivity contribution in [2.75, 3.05) is 6.61 Å². The standard InChI is InChI=1S/C25H22N2O3S/c28-31(29,24-14-6-11-20-12-7-15-26-25(20)24)27-17-21-10-4-5-13-23(21)30-18-22(27)16-19-8-2-1-3-9-19/h1-15,22H,16-18H2. The topological polar surface area (TPSA) is 59.5 Å². The number of benzene rings is 3. The van der Waals surface area contributed by atoms with E-state index in [1.54, 1.807) is 22.6 Å². The molecule has 0 spiro atoms. The Morgan fingerprint density at radius 3 is 2.55 bits per heavy atom. The van der Waals surface area contributed by atoms with Crippen molar-refractivity contribution < 1.29 is 13.2 Å². The zero-order chi connectivity index (χ0) is 21.3. The van der Waals surface area contributed by atoms with E-state index in [2.05, 4.69) is 4.98 Å². The number of hydrogen-bond donors (Lipinski definition) is 0. The number of rotatable bonds is 4. The number of nitrogens with zero attached hydrogens (tertiary/aromatic N) is 2. The lowest BCUT2D eigenvalue weighted by molar-refractivity contribution is 0.219. The summed E-state index contributed by atoms with van der Waals surface area (Å²) >= 11 is 0. The fourth-order valence-corrected chi connectivity index (χ4v) is 5.84. The van der Waals surface area contributed by atoms with Gasteiger partial charge in [-0.2, -0.15) is 4.31 Å². The molecule has 5 nitrogen and oxygen atoms in total. The lowest BCUT2D eigenvalue weighted by Crippen LogP contribution is -2.43. The largest absolute Gasteiger partial charge is 0.492 e. The van der Waals surface area contributed by atoms with Crippen molar-refractivity contribution in [1.29, 1.82) is 0 Å². The van der Waals surface area contributed by atoms with Gasteiger partial charge in [-0.05, 0) is 30.2 Å². The highest BCUT2D eigenvalue weighted by molar-refractivity contribution is 7.89. The zero-order valence-corrected chi connectivity index (χ0v) is 17.7. The Morgan fingerprint density at radius 1 is 0.903 bits per heavy atom. The van der Waals surface area contributed by atoms with Gasteiger partial charge in [-0.1, -0.05) is 66.7 Å². The zero-order valence-electron chi connectivity index (χ0n) is 16.9. The third kappa shape index (κ3) is 3.80. The number of fused-ring (bicyclic) bond motifs is 2. The molecule has 1 aromatic heterocycles. The van der Waals surface area contributed by atoms with Crippen LogP contribution in [0.3, 0.4) is 0 Å². The van der Waals surface area contributed by atoms with E-state index < -0.39 is 10.0 Å². The van der Waals surface area contributed by atoms with E-state index in [9.17, 15) is 8.42 Å². The van der Waals surface area contributed by atoms with Gasteiger partial charge in [0.15, 0.2) is 0 Å². The first-order valence-corrected chi connectivity index (χ1v) is 11.7. The van der Waals surface area contributed by atoms with Crippen LogP contribution >= 0.6 is 0 Å². The monoisotopic (exact) mass is 430 g/mol. The van der Waals surface area contributed by atoms with Gasteiger partial charge in [0.25, 0.3) is 0 Å². The smallest absolute Gasteiger partial charge is 0.245 e. The summed E-state index contributed by atoms with van der Waals surface area (Å²) in [7, 11) is -3.83. The summed E-state index contributed by atoms with van der Waals surface area (Å²) in [6, 6.07) is 26.2. The van der Waals surface area contributed by atoms with Crippen molar-refractivity contribution in [1.82, 2.24) is 9.29 Å². The molecule has 0 amide bonds. The highest BCUT2D eigenvalue weighted by Gasteiger charge is 2.36. The number of hydrogen-bond acceptors (Lipinski definition) is 4. The van der Waals surface area contributed by atoms with Crippen molar-refractivity contribution >= 4 is 20.9 Å². The van der Waals surface area contributed by atoms with E-state index in [0.29, 0.717) is 11.9 Å². The molecular weight excluding hydrogens is 408 g/mol. The SMILES string of the molecule is O=S(=O)(c1cccc2cccnc12)N1Cc2ccccc2OCC1Cc1ccccc1. The van der Waals surface area contributed by atoms with E-state index in [1.165, 1.54) is 0 Å². The molecule has 0 radical (unpaired) electrons. The highest BCUT2D eigenvalue weighted by Crippen LogP contribution is 2.32. The highest BCUT2D eigenvalue weighted by atomic mass is 32.2. The molecule has 156 valence electrons. The van der Waals surface area contributed by atoms with Crippen LogP contribution in [0.1, 0.15) is 11.1 Å². The maximum absolute atomic E-state index is 14.0. The molecule has 0 saturated heterocycles. The Balaban J connectivity index is 1.62. The molecule has 6 heteroatoms. The molecule has 3 aromatic carbocycles. The minimum Gasteiger partial charge on any atom is -0.492 e. The van der Waals surface area contributed by atoms with E-state index in [-0.39, 0.29) is 24.1 Å². The Morgan fingerprint density at radius 2 is 1.68 bits per heavy atom. The molecule has 0 N–H and O–H groups in total. The van der Waals surface area contributed by atoms with Crippen LogP contribution in [-0.4, -0.2) is 30.4 Å². The summed E-state index contributed by atoms with van der Waals surface area (Å²) < 4.78 is 35.6. The Labute approximate surface area is 182 Å². The molecule has 2 heterocycles. The molecular formula is C25H22N2O3S. The number of ether oxygens (including phenoxy) is 1. The van der Waals surface area contributed by atoms with E-state index in [4.69, 9.17) is 4.74 Å². The molecule has 0 saturated carbocycles. The van der Waals surface area contributed by atoms with E-state index in [0.717, 1.165) is 22.3 Å². The second-order valence-electron chi connectivity index (χ2n) is 7.64. The summed E-state index contributed by atoms with van der Waals surface area (Å²) in [4.78, 5) is 4.61. The van der Waals surface area contributed by atoms with Crippen LogP contribution in [0.15, 0.2) is 96.0 Å². The van der Waals surface area contributed by atoms with Gasteiger partial charge in [-0.15, -0.1) is 0 Å². The third-order valence-corrected chi connectivity index (χ3v) is 7.56. The molecule has 4 aromatic rings. The normalized spacial score (nSPS) is 17.0. The summed E-state index contributed by atoms with van der Waals surface area (Å²) in [6.07, 6.45) is 2.19. The Kier molecular flexibility index (Phi) is 5.18. The van der Waals surface area contributed by atoms with E-state index >= 15 is 0 Å². The van der Waals surface area contributed by atoms with Crippen LogP contribution in [0.4, 0.5) is 0 Å². The summed E-state index contributed by atoms with van der Waals surface area (Å²) in [5, 5.41) is 0.801.